The van der Waals surface area contributed by atoms with E-state index in [0.717, 1.165) is 5.52 Å². The second-order valence-electron chi connectivity index (χ2n) is 3.90. The Morgan fingerprint density at radius 2 is 1.47 bits per heavy atom. The van der Waals surface area contributed by atoms with Crippen molar-refractivity contribution in [1.82, 2.24) is 4.98 Å². The van der Waals surface area contributed by atoms with E-state index >= 15 is 0 Å². The van der Waals surface area contributed by atoms with Gasteiger partial charge in [0, 0.05) is 11.6 Å². The molecule has 1 nitrogen and oxygen atoms in total. The molecule has 0 saturated carbocycles. The summed E-state index contributed by atoms with van der Waals surface area (Å²) >= 11 is 0. The Labute approximate surface area is 115 Å². The summed E-state index contributed by atoms with van der Waals surface area (Å²) in [5.74, 6) is 0. The van der Waals surface area contributed by atoms with Gasteiger partial charge in [0.05, 0.1) is 5.52 Å². The maximum Gasteiger partial charge on any atom is 0.0701 e. The van der Waals surface area contributed by atoms with E-state index in [4.69, 9.17) is 0 Å². The molecular formula is C15H23NSe. The molecule has 0 saturated heterocycles. The Bertz CT molecular complexity index is 331. The van der Waals surface area contributed by atoms with Crippen molar-refractivity contribution in [3.8, 4) is 0 Å². The van der Waals surface area contributed by atoms with Crippen LogP contribution in [0.1, 0.15) is 39.5 Å². The minimum atomic E-state index is 0. The monoisotopic (exact) mass is 297 g/mol. The number of hydrogen-bond acceptors (Lipinski definition) is 1. The Kier molecular flexibility index (Phi) is 9.80. The maximum atomic E-state index is 4.18. The minimum absolute atomic E-state index is 0. The zero-order valence-electron chi connectivity index (χ0n) is 10.8. The molecule has 0 radical (unpaired) electrons. The van der Waals surface area contributed by atoms with Crippen molar-refractivity contribution in [2.24, 2.45) is 0 Å². The molecule has 2 aromatic rings. The molecule has 0 amide bonds. The van der Waals surface area contributed by atoms with Gasteiger partial charge in [-0.1, -0.05) is 63.8 Å². The van der Waals surface area contributed by atoms with Crippen LogP contribution in [0, 0.1) is 0 Å². The summed E-state index contributed by atoms with van der Waals surface area (Å²) in [6.45, 7) is 4.46. The smallest absolute Gasteiger partial charge is 0.0701 e. The first-order valence-corrected chi connectivity index (χ1v) is 6.18. The number of nitrogens with zero attached hydrogens (tertiary/aromatic N) is 1. The number of aromatic nitrogens is 1. The van der Waals surface area contributed by atoms with Gasteiger partial charge in [0.25, 0.3) is 0 Å². The molecular weight excluding hydrogens is 273 g/mol. The quantitative estimate of drug-likeness (QED) is 0.618. The van der Waals surface area contributed by atoms with Gasteiger partial charge in [0.15, 0.2) is 0 Å². The van der Waals surface area contributed by atoms with Crippen LogP contribution in [0.5, 0.6) is 0 Å². The molecule has 2 rings (SSSR count). The van der Waals surface area contributed by atoms with E-state index in [9.17, 15) is 0 Å². The molecule has 0 aliphatic rings. The Morgan fingerprint density at radius 1 is 0.882 bits per heavy atom. The first-order valence-electron chi connectivity index (χ1n) is 6.18. The van der Waals surface area contributed by atoms with Crippen molar-refractivity contribution in [2.75, 3.05) is 0 Å². The molecule has 0 unspecified atom stereocenters. The molecule has 0 fully saturated rings. The average Bonchev–Trinajstić information content (AvgIpc) is 2.37. The van der Waals surface area contributed by atoms with Gasteiger partial charge in [-0.25, -0.2) is 0 Å². The molecule has 2 heteroatoms. The predicted octanol–water partition coefficient (Wildman–Crippen LogP) is 3.91. The molecule has 0 aliphatic carbocycles. The van der Waals surface area contributed by atoms with E-state index in [1.54, 1.807) is 0 Å². The number of fused-ring (bicyclic) bond motifs is 1. The van der Waals surface area contributed by atoms with Gasteiger partial charge in [0.2, 0.25) is 0 Å². The predicted molar refractivity (Wildman–Crippen MR) is 80.1 cm³/mol. The molecule has 94 valence electrons. The van der Waals surface area contributed by atoms with E-state index < -0.39 is 0 Å². The normalized spacial score (nSPS) is 9.06. The standard InChI is InChI=1S/C9H7N.C6H14.H2Se/c1-2-6-9-8(4-1)5-3-7-10-9;1-3-5-6-4-2;/h1-7H;3-6H2,1-2H3;1H2. The fourth-order valence-corrected chi connectivity index (χ4v) is 1.52. The topological polar surface area (TPSA) is 12.9 Å². The Morgan fingerprint density at radius 3 is 2.06 bits per heavy atom. The van der Waals surface area contributed by atoms with E-state index in [1.165, 1.54) is 31.1 Å². The van der Waals surface area contributed by atoms with Crippen LogP contribution >= 0.6 is 0 Å². The summed E-state index contributed by atoms with van der Waals surface area (Å²) in [5, 5.41) is 1.20. The Balaban J connectivity index is 0.000000324. The molecule has 0 spiro atoms. The molecule has 1 heterocycles. The second kappa shape index (κ2) is 10.3. The Hall–Kier alpha value is -0.851. The molecule has 1 aromatic carbocycles. The fraction of sp³-hybridized carbons (Fsp3) is 0.400. The second-order valence-corrected chi connectivity index (χ2v) is 3.90. The van der Waals surface area contributed by atoms with Gasteiger partial charge < -0.3 is 0 Å². The van der Waals surface area contributed by atoms with Gasteiger partial charge in [-0.05, 0) is 12.1 Å². The van der Waals surface area contributed by atoms with Crippen LogP contribution in [0.2, 0.25) is 0 Å². The van der Waals surface area contributed by atoms with Crippen molar-refractivity contribution >= 4 is 28.0 Å². The first-order chi connectivity index (χ1) is 7.88. The average molecular weight is 296 g/mol. The van der Waals surface area contributed by atoms with Crippen LogP contribution < -0.4 is 0 Å². The van der Waals surface area contributed by atoms with Crippen LogP contribution in [-0.2, 0) is 0 Å². The third-order valence-corrected chi connectivity index (χ3v) is 2.47. The van der Waals surface area contributed by atoms with Gasteiger partial charge in [-0.3, -0.25) is 4.98 Å². The number of para-hydroxylation sites is 1. The largest absolute Gasteiger partial charge is 0.256 e. The SMILES string of the molecule is CCCCCC.[SeH2].c1ccc2ncccc2c1. The fourth-order valence-electron chi connectivity index (χ4n) is 1.52. The number of pyridine rings is 1. The van der Waals surface area contributed by atoms with Crippen molar-refractivity contribution in [1.29, 1.82) is 0 Å². The summed E-state index contributed by atoms with van der Waals surface area (Å²) < 4.78 is 0. The van der Waals surface area contributed by atoms with Gasteiger partial charge in [-0.15, -0.1) is 0 Å². The molecule has 0 bridgehead atoms. The van der Waals surface area contributed by atoms with Crippen LogP contribution in [0.25, 0.3) is 10.9 Å². The van der Waals surface area contributed by atoms with Crippen LogP contribution in [-0.4, -0.2) is 22.1 Å². The summed E-state index contributed by atoms with van der Waals surface area (Å²) in [5.41, 5.74) is 1.06. The van der Waals surface area contributed by atoms with Gasteiger partial charge >= 0.3 is 17.1 Å². The van der Waals surface area contributed by atoms with Crippen molar-refractivity contribution in [3.05, 3.63) is 42.6 Å². The number of hydrogen-bond donors (Lipinski definition) is 0. The molecule has 0 aliphatic heterocycles. The minimum Gasteiger partial charge on any atom is -0.256 e. The molecule has 17 heavy (non-hydrogen) atoms. The van der Waals surface area contributed by atoms with Crippen molar-refractivity contribution in [3.63, 3.8) is 0 Å². The van der Waals surface area contributed by atoms with Gasteiger partial charge in [0.1, 0.15) is 0 Å². The summed E-state index contributed by atoms with van der Waals surface area (Å²) in [4.78, 5) is 4.18. The third kappa shape index (κ3) is 6.45. The third-order valence-electron chi connectivity index (χ3n) is 2.47. The number of unbranched alkanes of at least 4 members (excludes halogenated alkanes) is 3. The molecule has 0 atom stereocenters. The summed E-state index contributed by atoms with van der Waals surface area (Å²) in [7, 11) is 0. The molecule has 0 N–H and O–H groups in total. The van der Waals surface area contributed by atoms with Gasteiger partial charge in [-0.2, -0.15) is 0 Å². The maximum absolute atomic E-state index is 4.18. The van der Waals surface area contributed by atoms with Crippen molar-refractivity contribution < 1.29 is 0 Å². The van der Waals surface area contributed by atoms with Crippen LogP contribution in [0.15, 0.2) is 42.6 Å². The van der Waals surface area contributed by atoms with E-state index in [0.29, 0.717) is 0 Å². The summed E-state index contributed by atoms with van der Waals surface area (Å²) in [6, 6.07) is 12.1. The zero-order chi connectivity index (χ0) is 11.6. The number of benzene rings is 1. The summed E-state index contributed by atoms with van der Waals surface area (Å²) in [6.07, 6.45) is 7.34. The van der Waals surface area contributed by atoms with Crippen LogP contribution in [0.4, 0.5) is 0 Å². The van der Waals surface area contributed by atoms with Crippen molar-refractivity contribution in [2.45, 2.75) is 39.5 Å². The van der Waals surface area contributed by atoms with E-state index in [2.05, 4.69) is 31.0 Å². The van der Waals surface area contributed by atoms with E-state index in [-0.39, 0.29) is 17.1 Å². The van der Waals surface area contributed by atoms with Crippen LogP contribution in [0.3, 0.4) is 0 Å². The van der Waals surface area contributed by atoms with E-state index in [1.807, 2.05) is 30.5 Å². The zero-order valence-corrected chi connectivity index (χ0v) is 12.9. The number of rotatable bonds is 3. The first kappa shape index (κ1) is 16.1. The molecule has 1 aromatic heterocycles.